The van der Waals surface area contributed by atoms with Crippen molar-refractivity contribution in [3.63, 3.8) is 0 Å². The molecule has 0 fully saturated rings. The summed E-state index contributed by atoms with van der Waals surface area (Å²) in [6, 6.07) is 5.28. The van der Waals surface area contributed by atoms with Gasteiger partial charge in [0.2, 0.25) is 0 Å². The average molecular weight is 208 g/mol. The minimum Gasteiger partial charge on any atom is -0.385 e. The number of nitrogens with zero attached hydrogens (tertiary/aromatic N) is 1. The molecule has 84 valence electrons. The molecule has 0 aromatic carbocycles. The monoisotopic (exact) mass is 208 g/mol. The Labute approximate surface area is 91.3 Å². The minimum absolute atomic E-state index is 0.220. The van der Waals surface area contributed by atoms with Crippen molar-refractivity contribution < 1.29 is 5.11 Å². The Morgan fingerprint density at radius 1 is 1.33 bits per heavy atom. The number of rotatable bonds is 5. The summed E-state index contributed by atoms with van der Waals surface area (Å²) >= 11 is 0. The Morgan fingerprint density at radius 3 is 2.60 bits per heavy atom. The summed E-state index contributed by atoms with van der Waals surface area (Å²) in [5.41, 5.74) is 6.57. The van der Waals surface area contributed by atoms with Crippen LogP contribution >= 0.6 is 0 Å². The average Bonchev–Trinajstić information content (AvgIpc) is 2.26. The zero-order chi connectivity index (χ0) is 11.3. The normalized spacial score (nSPS) is 15.3. The third kappa shape index (κ3) is 3.98. The lowest BCUT2D eigenvalue weighted by Crippen LogP contribution is -2.29. The van der Waals surface area contributed by atoms with Gasteiger partial charge in [-0.3, -0.25) is 4.98 Å². The number of aromatic nitrogens is 1. The molecule has 2 unspecified atom stereocenters. The zero-order valence-corrected chi connectivity index (χ0v) is 9.43. The molecule has 0 amide bonds. The van der Waals surface area contributed by atoms with Gasteiger partial charge in [0.25, 0.3) is 0 Å². The molecule has 0 aliphatic carbocycles. The Morgan fingerprint density at radius 2 is 2.07 bits per heavy atom. The molecule has 15 heavy (non-hydrogen) atoms. The largest absolute Gasteiger partial charge is 0.385 e. The van der Waals surface area contributed by atoms with Crippen LogP contribution in [-0.4, -0.2) is 16.1 Å². The van der Waals surface area contributed by atoms with Crippen LogP contribution in [-0.2, 0) is 0 Å². The van der Waals surface area contributed by atoms with Gasteiger partial charge >= 0.3 is 0 Å². The fraction of sp³-hybridized carbons (Fsp3) is 0.583. The van der Waals surface area contributed by atoms with E-state index in [-0.39, 0.29) is 6.04 Å². The van der Waals surface area contributed by atoms with E-state index < -0.39 is 6.10 Å². The van der Waals surface area contributed by atoms with Crippen molar-refractivity contribution >= 4 is 0 Å². The van der Waals surface area contributed by atoms with E-state index in [1.54, 1.807) is 12.3 Å². The maximum Gasteiger partial charge on any atom is 0.111 e. The van der Waals surface area contributed by atoms with Crippen LogP contribution in [0.15, 0.2) is 24.4 Å². The van der Waals surface area contributed by atoms with Crippen molar-refractivity contribution in [3.8, 4) is 0 Å². The van der Waals surface area contributed by atoms with Crippen LogP contribution in [0.4, 0.5) is 0 Å². The van der Waals surface area contributed by atoms with Crippen molar-refractivity contribution in [1.29, 1.82) is 0 Å². The molecule has 0 spiro atoms. The summed E-state index contributed by atoms with van der Waals surface area (Å²) in [7, 11) is 0. The first-order valence-electron chi connectivity index (χ1n) is 5.46. The van der Waals surface area contributed by atoms with Crippen LogP contribution in [0.5, 0.6) is 0 Å². The molecule has 1 rings (SSSR count). The lowest BCUT2D eigenvalue weighted by atomic mass is 9.98. The molecule has 2 atom stereocenters. The quantitative estimate of drug-likeness (QED) is 0.776. The number of hydrogen-bond donors (Lipinski definition) is 2. The summed E-state index contributed by atoms with van der Waals surface area (Å²) in [5.74, 6) is 0.618. The Balaban J connectivity index is 2.49. The van der Waals surface area contributed by atoms with Crippen molar-refractivity contribution in [2.24, 2.45) is 11.7 Å². The number of hydrogen-bond acceptors (Lipinski definition) is 3. The highest BCUT2D eigenvalue weighted by Crippen LogP contribution is 2.17. The summed E-state index contributed by atoms with van der Waals surface area (Å²) in [4.78, 5) is 4.10. The molecular formula is C12H20N2O. The van der Waals surface area contributed by atoms with Crippen molar-refractivity contribution in [2.45, 2.75) is 38.8 Å². The lowest BCUT2D eigenvalue weighted by molar-refractivity contribution is 0.135. The Kier molecular flexibility index (Phi) is 4.72. The van der Waals surface area contributed by atoms with Gasteiger partial charge in [-0.1, -0.05) is 19.9 Å². The topological polar surface area (TPSA) is 59.1 Å². The van der Waals surface area contributed by atoms with E-state index in [4.69, 9.17) is 5.73 Å². The summed E-state index contributed by atoms with van der Waals surface area (Å²) in [5, 5.41) is 9.91. The van der Waals surface area contributed by atoms with Gasteiger partial charge < -0.3 is 10.8 Å². The zero-order valence-electron chi connectivity index (χ0n) is 9.43. The van der Waals surface area contributed by atoms with E-state index in [0.717, 1.165) is 12.8 Å². The summed E-state index contributed by atoms with van der Waals surface area (Å²) in [6.07, 6.45) is 2.89. The van der Waals surface area contributed by atoms with Crippen molar-refractivity contribution in [1.82, 2.24) is 4.98 Å². The highest BCUT2D eigenvalue weighted by Gasteiger charge is 2.17. The van der Waals surface area contributed by atoms with Gasteiger partial charge in [-0.05, 0) is 30.9 Å². The van der Waals surface area contributed by atoms with Gasteiger partial charge in [0.15, 0.2) is 0 Å². The number of nitrogens with two attached hydrogens (primary N) is 1. The molecule has 0 bridgehead atoms. The third-order valence-electron chi connectivity index (χ3n) is 2.47. The molecular weight excluding hydrogens is 188 g/mol. The van der Waals surface area contributed by atoms with Gasteiger partial charge in [0.1, 0.15) is 6.10 Å². The van der Waals surface area contributed by atoms with Crippen LogP contribution in [0.25, 0.3) is 0 Å². The molecule has 0 radical (unpaired) electrons. The predicted molar refractivity (Wildman–Crippen MR) is 61.2 cm³/mol. The van der Waals surface area contributed by atoms with Gasteiger partial charge in [0.05, 0.1) is 5.69 Å². The summed E-state index contributed by atoms with van der Waals surface area (Å²) < 4.78 is 0. The smallest absolute Gasteiger partial charge is 0.111 e. The minimum atomic E-state index is -0.648. The molecule has 0 saturated carbocycles. The van der Waals surface area contributed by atoms with Gasteiger partial charge in [0, 0.05) is 12.2 Å². The fourth-order valence-corrected chi connectivity index (χ4v) is 1.45. The first kappa shape index (κ1) is 12.1. The number of aliphatic hydroxyl groups is 1. The molecule has 0 aliphatic heterocycles. The van der Waals surface area contributed by atoms with Gasteiger partial charge in [-0.25, -0.2) is 0 Å². The first-order chi connectivity index (χ1) is 7.11. The maximum atomic E-state index is 9.91. The molecule has 1 aromatic rings. The maximum absolute atomic E-state index is 9.91. The molecule has 0 saturated heterocycles. The highest BCUT2D eigenvalue weighted by atomic mass is 16.3. The van der Waals surface area contributed by atoms with E-state index in [9.17, 15) is 5.11 Å². The van der Waals surface area contributed by atoms with Crippen LogP contribution in [0.1, 0.15) is 38.5 Å². The van der Waals surface area contributed by atoms with Crippen LogP contribution < -0.4 is 5.73 Å². The molecule has 1 aromatic heterocycles. The van der Waals surface area contributed by atoms with Crippen LogP contribution in [0.3, 0.4) is 0 Å². The van der Waals surface area contributed by atoms with Gasteiger partial charge in [-0.15, -0.1) is 0 Å². The standard InChI is InChI=1S/C12H20N2O/c1-9(2)6-7-10(13)12(15)11-5-3-4-8-14-11/h3-5,8-10,12,15H,6-7,13H2,1-2H3. The number of pyridine rings is 1. The molecule has 1 heterocycles. The van der Waals surface area contributed by atoms with E-state index >= 15 is 0 Å². The lowest BCUT2D eigenvalue weighted by Gasteiger charge is -2.18. The van der Waals surface area contributed by atoms with E-state index in [2.05, 4.69) is 18.8 Å². The summed E-state index contributed by atoms with van der Waals surface area (Å²) in [6.45, 7) is 4.31. The second-order valence-electron chi connectivity index (χ2n) is 4.33. The van der Waals surface area contributed by atoms with E-state index in [1.165, 1.54) is 0 Å². The van der Waals surface area contributed by atoms with Crippen molar-refractivity contribution in [2.75, 3.05) is 0 Å². The third-order valence-corrected chi connectivity index (χ3v) is 2.47. The van der Waals surface area contributed by atoms with E-state index in [0.29, 0.717) is 11.6 Å². The molecule has 3 heteroatoms. The van der Waals surface area contributed by atoms with Gasteiger partial charge in [-0.2, -0.15) is 0 Å². The van der Waals surface area contributed by atoms with Crippen LogP contribution in [0.2, 0.25) is 0 Å². The molecule has 3 N–H and O–H groups in total. The van der Waals surface area contributed by atoms with Crippen LogP contribution in [0, 0.1) is 5.92 Å². The SMILES string of the molecule is CC(C)CCC(N)C(O)c1ccccn1. The number of aliphatic hydroxyl groups excluding tert-OH is 1. The second kappa shape index (κ2) is 5.83. The van der Waals surface area contributed by atoms with Crippen molar-refractivity contribution in [3.05, 3.63) is 30.1 Å². The predicted octanol–water partition coefficient (Wildman–Crippen LogP) is 1.88. The highest BCUT2D eigenvalue weighted by molar-refractivity contribution is 5.08. The molecule has 0 aliphatic rings. The Hall–Kier alpha value is -0.930. The molecule has 3 nitrogen and oxygen atoms in total. The van der Waals surface area contributed by atoms with E-state index in [1.807, 2.05) is 12.1 Å². The first-order valence-corrected chi connectivity index (χ1v) is 5.46. The Bertz CT molecular complexity index is 274. The fourth-order valence-electron chi connectivity index (χ4n) is 1.45. The second-order valence-corrected chi connectivity index (χ2v) is 4.33.